The number of fused-ring (bicyclic) bond motifs is 1. The molecule has 2 heterocycles. The highest BCUT2D eigenvalue weighted by molar-refractivity contribution is 5.93. The van der Waals surface area contributed by atoms with E-state index in [4.69, 9.17) is 10.5 Å². The highest BCUT2D eigenvalue weighted by Gasteiger charge is 2.08. The Labute approximate surface area is 108 Å². The van der Waals surface area contributed by atoms with Gasteiger partial charge in [0.1, 0.15) is 11.4 Å². The van der Waals surface area contributed by atoms with E-state index in [1.807, 2.05) is 30.3 Å². The van der Waals surface area contributed by atoms with Crippen molar-refractivity contribution in [2.45, 2.75) is 0 Å². The number of hydrogen-bond acceptors (Lipinski definition) is 4. The van der Waals surface area contributed by atoms with Crippen molar-refractivity contribution in [2.24, 2.45) is 5.73 Å². The van der Waals surface area contributed by atoms with Crippen LogP contribution in [-0.2, 0) is 0 Å². The van der Waals surface area contributed by atoms with E-state index in [0.717, 1.165) is 0 Å². The number of pyridine rings is 1. The highest BCUT2D eigenvalue weighted by Crippen LogP contribution is 2.21. The van der Waals surface area contributed by atoms with E-state index in [9.17, 15) is 4.79 Å². The third-order valence-corrected chi connectivity index (χ3v) is 2.56. The van der Waals surface area contributed by atoms with Gasteiger partial charge in [0.15, 0.2) is 0 Å². The summed E-state index contributed by atoms with van der Waals surface area (Å²) in [4.78, 5) is 22.1. The minimum absolute atomic E-state index is 0.172. The van der Waals surface area contributed by atoms with E-state index >= 15 is 0 Å². The number of aromatic amines is 1. The Morgan fingerprint density at radius 1 is 1.26 bits per heavy atom. The maximum Gasteiger partial charge on any atom is 0.300 e. The largest absolute Gasteiger partial charge is 0.426 e. The van der Waals surface area contributed by atoms with Gasteiger partial charge >= 0.3 is 0 Å². The molecule has 0 spiro atoms. The summed E-state index contributed by atoms with van der Waals surface area (Å²) < 4.78 is 5.55. The molecule has 3 N–H and O–H groups in total. The van der Waals surface area contributed by atoms with Gasteiger partial charge in [-0.2, -0.15) is 4.98 Å². The molecule has 0 saturated heterocycles. The zero-order valence-corrected chi connectivity index (χ0v) is 9.83. The molecule has 19 heavy (non-hydrogen) atoms. The Bertz CT molecular complexity index is 737. The average molecular weight is 254 g/mol. The summed E-state index contributed by atoms with van der Waals surface area (Å²) in [7, 11) is 0. The molecule has 6 nitrogen and oxygen atoms in total. The first-order valence-corrected chi connectivity index (χ1v) is 5.61. The number of benzene rings is 1. The minimum Gasteiger partial charge on any atom is -0.426 e. The predicted octanol–water partition coefficient (Wildman–Crippen LogP) is 1.85. The summed E-state index contributed by atoms with van der Waals surface area (Å²) in [6, 6.07) is 11.1. The fraction of sp³-hybridized carbons (Fsp3) is 0. The van der Waals surface area contributed by atoms with Crippen molar-refractivity contribution < 1.29 is 9.53 Å². The number of ether oxygens (including phenoxy) is 1. The molecular formula is C13H10N4O2. The topological polar surface area (TPSA) is 93.9 Å². The van der Waals surface area contributed by atoms with Crippen LogP contribution in [0.25, 0.3) is 11.0 Å². The molecule has 0 radical (unpaired) electrons. The van der Waals surface area contributed by atoms with Gasteiger partial charge in [-0.15, -0.1) is 0 Å². The third kappa shape index (κ3) is 2.23. The standard InChI is InChI=1S/C13H10N4O2/c14-12(18)10-6-9-11(7-15-10)17-13(16-9)19-8-4-2-1-3-5-8/h1-7H,(H2,14,18)(H,16,17). The Hall–Kier alpha value is -2.89. The first-order chi connectivity index (χ1) is 9.22. The van der Waals surface area contributed by atoms with E-state index in [2.05, 4.69) is 15.0 Å². The predicted molar refractivity (Wildman–Crippen MR) is 68.9 cm³/mol. The van der Waals surface area contributed by atoms with Gasteiger partial charge in [0, 0.05) is 0 Å². The van der Waals surface area contributed by atoms with Gasteiger partial charge in [0.05, 0.1) is 17.2 Å². The van der Waals surface area contributed by atoms with Crippen LogP contribution in [0.15, 0.2) is 42.6 Å². The molecule has 1 amide bonds. The zero-order valence-electron chi connectivity index (χ0n) is 9.83. The first kappa shape index (κ1) is 11.2. The molecule has 0 fully saturated rings. The van der Waals surface area contributed by atoms with Crippen molar-refractivity contribution in [1.29, 1.82) is 0 Å². The Balaban J connectivity index is 1.95. The van der Waals surface area contributed by atoms with Crippen LogP contribution in [-0.4, -0.2) is 20.9 Å². The Kier molecular flexibility index (Phi) is 2.60. The molecule has 0 unspecified atom stereocenters. The molecule has 0 aliphatic heterocycles. The van der Waals surface area contributed by atoms with E-state index in [-0.39, 0.29) is 5.69 Å². The first-order valence-electron chi connectivity index (χ1n) is 5.61. The second-order valence-electron chi connectivity index (χ2n) is 3.91. The number of hydrogen-bond donors (Lipinski definition) is 2. The van der Waals surface area contributed by atoms with Gasteiger partial charge in [-0.1, -0.05) is 18.2 Å². The van der Waals surface area contributed by atoms with Crippen molar-refractivity contribution in [3.63, 3.8) is 0 Å². The van der Waals surface area contributed by atoms with E-state index in [1.54, 1.807) is 0 Å². The van der Waals surface area contributed by atoms with Crippen LogP contribution in [0.2, 0.25) is 0 Å². The number of amides is 1. The van der Waals surface area contributed by atoms with E-state index in [0.29, 0.717) is 22.8 Å². The van der Waals surface area contributed by atoms with Gasteiger partial charge in [-0.3, -0.25) is 4.79 Å². The van der Waals surface area contributed by atoms with E-state index in [1.165, 1.54) is 12.3 Å². The molecule has 0 bridgehead atoms. The quantitative estimate of drug-likeness (QED) is 0.745. The number of aromatic nitrogens is 3. The molecular weight excluding hydrogens is 244 g/mol. The number of rotatable bonds is 3. The Morgan fingerprint density at radius 3 is 2.79 bits per heavy atom. The molecule has 0 aliphatic rings. The van der Waals surface area contributed by atoms with Gasteiger partial charge in [0.25, 0.3) is 11.9 Å². The van der Waals surface area contributed by atoms with Crippen LogP contribution in [0.4, 0.5) is 0 Å². The van der Waals surface area contributed by atoms with Crippen molar-refractivity contribution in [3.05, 3.63) is 48.3 Å². The summed E-state index contributed by atoms with van der Waals surface area (Å²) in [5, 5.41) is 0. The number of primary amides is 1. The summed E-state index contributed by atoms with van der Waals surface area (Å²) in [6.07, 6.45) is 1.50. The van der Waals surface area contributed by atoms with Crippen molar-refractivity contribution in [2.75, 3.05) is 0 Å². The second-order valence-corrected chi connectivity index (χ2v) is 3.91. The van der Waals surface area contributed by atoms with Gasteiger partial charge in [0.2, 0.25) is 0 Å². The fourth-order valence-electron chi connectivity index (χ4n) is 1.67. The van der Waals surface area contributed by atoms with Crippen molar-refractivity contribution in [3.8, 4) is 11.8 Å². The molecule has 3 rings (SSSR count). The number of carbonyl (C=O) groups excluding carboxylic acids is 1. The smallest absolute Gasteiger partial charge is 0.300 e. The fourth-order valence-corrected chi connectivity index (χ4v) is 1.67. The second kappa shape index (κ2) is 4.41. The third-order valence-electron chi connectivity index (χ3n) is 2.56. The summed E-state index contributed by atoms with van der Waals surface area (Å²) in [6.45, 7) is 0. The summed E-state index contributed by atoms with van der Waals surface area (Å²) in [5.41, 5.74) is 6.59. The van der Waals surface area contributed by atoms with Gasteiger partial charge in [-0.05, 0) is 18.2 Å². The maximum absolute atomic E-state index is 11.0. The number of H-pyrrole nitrogens is 1. The number of nitrogens with zero attached hydrogens (tertiary/aromatic N) is 2. The lowest BCUT2D eigenvalue weighted by Gasteiger charge is -1.99. The molecule has 3 aromatic rings. The lowest BCUT2D eigenvalue weighted by molar-refractivity contribution is 0.0996. The van der Waals surface area contributed by atoms with Crippen molar-refractivity contribution >= 4 is 16.9 Å². The normalized spacial score (nSPS) is 10.5. The highest BCUT2D eigenvalue weighted by atomic mass is 16.5. The van der Waals surface area contributed by atoms with Crippen LogP contribution >= 0.6 is 0 Å². The minimum atomic E-state index is -0.588. The monoisotopic (exact) mass is 254 g/mol. The molecule has 0 aliphatic carbocycles. The number of carbonyl (C=O) groups is 1. The van der Waals surface area contributed by atoms with Crippen molar-refractivity contribution in [1.82, 2.24) is 15.0 Å². The molecule has 0 saturated carbocycles. The lowest BCUT2D eigenvalue weighted by atomic mass is 10.3. The summed E-state index contributed by atoms with van der Waals surface area (Å²) in [5.74, 6) is 0.0834. The maximum atomic E-state index is 11.0. The molecule has 0 atom stereocenters. The van der Waals surface area contributed by atoms with Crippen LogP contribution in [0, 0.1) is 0 Å². The van der Waals surface area contributed by atoms with E-state index < -0.39 is 5.91 Å². The molecule has 6 heteroatoms. The zero-order chi connectivity index (χ0) is 13.2. The average Bonchev–Trinajstić information content (AvgIpc) is 2.80. The van der Waals surface area contributed by atoms with Gasteiger partial charge < -0.3 is 15.5 Å². The van der Waals surface area contributed by atoms with Crippen LogP contribution in [0.3, 0.4) is 0 Å². The van der Waals surface area contributed by atoms with Crippen LogP contribution < -0.4 is 10.5 Å². The van der Waals surface area contributed by atoms with Crippen LogP contribution in [0.5, 0.6) is 11.8 Å². The Morgan fingerprint density at radius 2 is 2.05 bits per heavy atom. The number of nitrogens with one attached hydrogen (secondary N) is 1. The number of nitrogens with two attached hydrogens (primary N) is 1. The van der Waals surface area contributed by atoms with Gasteiger partial charge in [-0.25, -0.2) is 4.98 Å². The number of para-hydroxylation sites is 1. The number of imidazole rings is 1. The SMILES string of the molecule is NC(=O)c1cc2nc(Oc3ccccc3)[nH]c2cn1. The van der Waals surface area contributed by atoms with Crippen LogP contribution in [0.1, 0.15) is 10.5 Å². The summed E-state index contributed by atoms with van der Waals surface area (Å²) >= 11 is 0. The molecule has 94 valence electrons. The molecule has 1 aromatic carbocycles. The lowest BCUT2D eigenvalue weighted by Crippen LogP contribution is -2.12. The molecule has 2 aromatic heterocycles.